The SMILES string of the molecule is CCOC(=O)c1cnc2n(c1=O)[C@@H](C)C[C@H](C)C2. The first-order valence-corrected chi connectivity index (χ1v) is 6.32. The second-order valence-corrected chi connectivity index (χ2v) is 4.88. The highest BCUT2D eigenvalue weighted by atomic mass is 16.5. The van der Waals surface area contributed by atoms with Crippen LogP contribution in [0, 0.1) is 5.92 Å². The van der Waals surface area contributed by atoms with Gasteiger partial charge in [0.05, 0.1) is 6.61 Å². The molecule has 98 valence electrons. The number of hydrogen-bond donors (Lipinski definition) is 0. The normalized spacial score (nSPS) is 22.4. The van der Waals surface area contributed by atoms with E-state index in [-0.39, 0.29) is 23.8 Å². The van der Waals surface area contributed by atoms with Gasteiger partial charge in [0.15, 0.2) is 0 Å². The summed E-state index contributed by atoms with van der Waals surface area (Å²) in [6, 6.07) is 0.0816. The van der Waals surface area contributed by atoms with E-state index < -0.39 is 5.97 Å². The third kappa shape index (κ3) is 2.17. The number of esters is 1. The Labute approximate surface area is 106 Å². The minimum absolute atomic E-state index is 0.0296. The molecule has 0 radical (unpaired) electrons. The smallest absolute Gasteiger partial charge is 0.345 e. The molecule has 5 heteroatoms. The maximum absolute atomic E-state index is 12.3. The molecular formula is C13H18N2O3. The lowest BCUT2D eigenvalue weighted by molar-refractivity contribution is 0.0522. The average Bonchev–Trinajstić information content (AvgIpc) is 2.28. The fourth-order valence-corrected chi connectivity index (χ4v) is 2.54. The van der Waals surface area contributed by atoms with Crippen molar-refractivity contribution in [2.24, 2.45) is 5.92 Å². The van der Waals surface area contributed by atoms with Crippen LogP contribution in [0.3, 0.4) is 0 Å². The Hall–Kier alpha value is -1.65. The molecule has 1 aromatic rings. The summed E-state index contributed by atoms with van der Waals surface area (Å²) in [5, 5.41) is 0. The molecule has 1 aliphatic rings. The first-order chi connectivity index (χ1) is 8.54. The Morgan fingerprint density at radius 3 is 2.94 bits per heavy atom. The number of ether oxygens (including phenoxy) is 1. The Balaban J connectivity index is 2.47. The molecule has 0 N–H and O–H groups in total. The third-order valence-corrected chi connectivity index (χ3v) is 3.28. The van der Waals surface area contributed by atoms with Gasteiger partial charge in [-0.25, -0.2) is 9.78 Å². The number of carbonyl (C=O) groups excluding carboxylic acids is 1. The van der Waals surface area contributed by atoms with Crippen molar-refractivity contribution in [2.45, 2.75) is 39.7 Å². The van der Waals surface area contributed by atoms with Crippen molar-refractivity contribution in [3.8, 4) is 0 Å². The molecule has 2 heterocycles. The molecule has 0 aromatic carbocycles. The highest BCUT2D eigenvalue weighted by Crippen LogP contribution is 2.25. The number of fused-ring (bicyclic) bond motifs is 1. The fourth-order valence-electron chi connectivity index (χ4n) is 2.54. The van der Waals surface area contributed by atoms with Crippen molar-refractivity contribution in [3.63, 3.8) is 0 Å². The second kappa shape index (κ2) is 4.92. The molecule has 2 atom stereocenters. The van der Waals surface area contributed by atoms with Crippen molar-refractivity contribution < 1.29 is 9.53 Å². The number of rotatable bonds is 2. The molecule has 5 nitrogen and oxygen atoms in total. The first kappa shape index (κ1) is 12.8. The summed E-state index contributed by atoms with van der Waals surface area (Å²) in [4.78, 5) is 28.2. The molecule has 1 aliphatic heterocycles. The largest absolute Gasteiger partial charge is 0.462 e. The quantitative estimate of drug-likeness (QED) is 0.747. The van der Waals surface area contributed by atoms with Crippen LogP contribution in [0.4, 0.5) is 0 Å². The molecule has 0 aliphatic carbocycles. The minimum Gasteiger partial charge on any atom is -0.462 e. The predicted octanol–water partition coefficient (Wildman–Crippen LogP) is 1.56. The topological polar surface area (TPSA) is 61.2 Å². The van der Waals surface area contributed by atoms with E-state index in [0.717, 1.165) is 18.7 Å². The lowest BCUT2D eigenvalue weighted by Crippen LogP contribution is -2.36. The molecule has 2 rings (SSSR count). The van der Waals surface area contributed by atoms with Crippen LogP contribution in [-0.2, 0) is 11.2 Å². The highest BCUT2D eigenvalue weighted by molar-refractivity contribution is 5.88. The van der Waals surface area contributed by atoms with Gasteiger partial charge in [-0.3, -0.25) is 9.36 Å². The van der Waals surface area contributed by atoms with Crippen molar-refractivity contribution in [3.05, 3.63) is 27.9 Å². The van der Waals surface area contributed by atoms with E-state index in [1.165, 1.54) is 6.20 Å². The number of carbonyl (C=O) groups is 1. The Bertz CT molecular complexity index is 521. The zero-order chi connectivity index (χ0) is 13.3. The summed E-state index contributed by atoms with van der Waals surface area (Å²) in [7, 11) is 0. The zero-order valence-corrected chi connectivity index (χ0v) is 11.0. The van der Waals surface area contributed by atoms with Gasteiger partial charge in [-0.05, 0) is 26.2 Å². The highest BCUT2D eigenvalue weighted by Gasteiger charge is 2.26. The molecule has 0 fully saturated rings. The summed E-state index contributed by atoms with van der Waals surface area (Å²) in [6.07, 6.45) is 3.06. The Morgan fingerprint density at radius 2 is 2.28 bits per heavy atom. The summed E-state index contributed by atoms with van der Waals surface area (Å²) in [6.45, 7) is 6.10. The van der Waals surface area contributed by atoms with Crippen molar-refractivity contribution >= 4 is 5.97 Å². The van der Waals surface area contributed by atoms with Crippen LogP contribution in [-0.4, -0.2) is 22.1 Å². The van der Waals surface area contributed by atoms with E-state index in [0.29, 0.717) is 5.92 Å². The lowest BCUT2D eigenvalue weighted by Gasteiger charge is -2.28. The lowest BCUT2D eigenvalue weighted by atomic mass is 9.94. The van der Waals surface area contributed by atoms with Gasteiger partial charge in [-0.2, -0.15) is 0 Å². The predicted molar refractivity (Wildman–Crippen MR) is 66.6 cm³/mol. The van der Waals surface area contributed by atoms with Crippen LogP contribution in [0.25, 0.3) is 0 Å². The Kier molecular flexibility index (Phi) is 3.50. The van der Waals surface area contributed by atoms with Crippen LogP contribution in [0.2, 0.25) is 0 Å². The van der Waals surface area contributed by atoms with Gasteiger partial charge in [0.25, 0.3) is 5.56 Å². The van der Waals surface area contributed by atoms with Gasteiger partial charge in [0.2, 0.25) is 0 Å². The van der Waals surface area contributed by atoms with Crippen LogP contribution < -0.4 is 5.56 Å². The van der Waals surface area contributed by atoms with E-state index in [4.69, 9.17) is 4.74 Å². The number of hydrogen-bond acceptors (Lipinski definition) is 4. The number of nitrogens with zero attached hydrogens (tertiary/aromatic N) is 2. The molecule has 0 amide bonds. The van der Waals surface area contributed by atoms with Gasteiger partial charge in [0.1, 0.15) is 11.4 Å². The maximum atomic E-state index is 12.3. The third-order valence-electron chi connectivity index (χ3n) is 3.28. The van der Waals surface area contributed by atoms with E-state index >= 15 is 0 Å². The second-order valence-electron chi connectivity index (χ2n) is 4.88. The minimum atomic E-state index is -0.587. The first-order valence-electron chi connectivity index (χ1n) is 6.32. The summed E-state index contributed by atoms with van der Waals surface area (Å²) < 4.78 is 6.50. The van der Waals surface area contributed by atoms with Gasteiger partial charge in [-0.15, -0.1) is 0 Å². The van der Waals surface area contributed by atoms with Crippen molar-refractivity contribution in [2.75, 3.05) is 6.61 Å². The van der Waals surface area contributed by atoms with Crippen LogP contribution in [0.5, 0.6) is 0 Å². The van der Waals surface area contributed by atoms with Gasteiger partial charge < -0.3 is 4.74 Å². The zero-order valence-electron chi connectivity index (χ0n) is 11.0. The van der Waals surface area contributed by atoms with E-state index in [9.17, 15) is 9.59 Å². The molecular weight excluding hydrogens is 232 g/mol. The maximum Gasteiger partial charge on any atom is 0.345 e. The molecule has 0 saturated carbocycles. The van der Waals surface area contributed by atoms with Gasteiger partial charge in [-0.1, -0.05) is 6.92 Å². The molecule has 0 spiro atoms. The van der Waals surface area contributed by atoms with E-state index in [1.807, 2.05) is 6.92 Å². The molecule has 18 heavy (non-hydrogen) atoms. The number of aromatic nitrogens is 2. The molecule has 0 unspecified atom stereocenters. The summed E-state index contributed by atoms with van der Waals surface area (Å²) in [5.41, 5.74) is -0.250. The monoisotopic (exact) mass is 250 g/mol. The fraction of sp³-hybridized carbons (Fsp3) is 0.615. The molecule has 0 bridgehead atoms. The van der Waals surface area contributed by atoms with Crippen molar-refractivity contribution in [1.82, 2.24) is 9.55 Å². The van der Waals surface area contributed by atoms with Crippen LogP contribution in [0.15, 0.2) is 11.0 Å². The van der Waals surface area contributed by atoms with Crippen LogP contribution in [0.1, 0.15) is 49.4 Å². The molecule has 0 saturated heterocycles. The van der Waals surface area contributed by atoms with E-state index in [1.54, 1.807) is 11.5 Å². The summed E-state index contributed by atoms with van der Waals surface area (Å²) >= 11 is 0. The summed E-state index contributed by atoms with van der Waals surface area (Å²) in [5.74, 6) is 0.691. The average molecular weight is 250 g/mol. The molecule has 1 aromatic heterocycles. The van der Waals surface area contributed by atoms with Crippen LogP contribution >= 0.6 is 0 Å². The van der Waals surface area contributed by atoms with E-state index in [2.05, 4.69) is 11.9 Å². The standard InChI is InChI=1S/C13H18N2O3/c1-4-18-13(17)10-7-14-11-6-8(2)5-9(3)15(11)12(10)16/h7-9H,4-6H2,1-3H3/t8-,9-/m0/s1. The van der Waals surface area contributed by atoms with Crippen molar-refractivity contribution in [1.29, 1.82) is 0 Å². The van der Waals surface area contributed by atoms with Gasteiger partial charge in [0, 0.05) is 18.7 Å². The van der Waals surface area contributed by atoms with Gasteiger partial charge >= 0.3 is 5.97 Å². The Morgan fingerprint density at radius 1 is 1.56 bits per heavy atom.